The fourth-order valence-corrected chi connectivity index (χ4v) is 2.74. The summed E-state index contributed by atoms with van der Waals surface area (Å²) in [7, 11) is 0. The van der Waals surface area contributed by atoms with E-state index in [1.165, 1.54) is 0 Å². The topological polar surface area (TPSA) is 67.9 Å². The number of carbonyl (C=O) groups excluding carboxylic acids is 2. The van der Waals surface area contributed by atoms with Crippen LogP contribution in [0.2, 0.25) is 0 Å². The van der Waals surface area contributed by atoms with Gasteiger partial charge in [-0.15, -0.1) is 0 Å². The van der Waals surface area contributed by atoms with Crippen LogP contribution in [0.4, 0.5) is 16.2 Å². The van der Waals surface area contributed by atoms with Gasteiger partial charge in [0.1, 0.15) is 6.61 Å². The van der Waals surface area contributed by atoms with Gasteiger partial charge in [0.05, 0.1) is 19.1 Å². The maximum atomic E-state index is 12.0. The van der Waals surface area contributed by atoms with E-state index in [4.69, 9.17) is 9.47 Å². The van der Waals surface area contributed by atoms with Crippen LogP contribution in [0, 0.1) is 0 Å². The third-order valence-corrected chi connectivity index (χ3v) is 3.91. The largest absolute Gasteiger partial charge is 0.447 e. The predicted molar refractivity (Wildman–Crippen MR) is 82.0 cm³/mol. The zero-order chi connectivity index (χ0) is 15.4. The van der Waals surface area contributed by atoms with Crippen LogP contribution in [0.25, 0.3) is 0 Å². The number of benzene rings is 1. The molecule has 2 aliphatic rings. The van der Waals surface area contributed by atoms with Crippen molar-refractivity contribution >= 4 is 23.4 Å². The Morgan fingerprint density at radius 3 is 2.68 bits per heavy atom. The maximum Gasteiger partial charge on any atom is 0.414 e. The van der Waals surface area contributed by atoms with Gasteiger partial charge < -0.3 is 14.8 Å². The molecule has 6 nitrogen and oxygen atoms in total. The molecule has 1 aromatic rings. The summed E-state index contributed by atoms with van der Waals surface area (Å²) in [5.41, 5.74) is 1.49. The molecule has 0 spiro atoms. The number of hydrogen-bond donors (Lipinski definition) is 1. The molecule has 2 fully saturated rings. The molecule has 2 saturated heterocycles. The van der Waals surface area contributed by atoms with Crippen molar-refractivity contribution in [2.75, 3.05) is 30.0 Å². The second-order valence-electron chi connectivity index (χ2n) is 5.55. The average molecular weight is 304 g/mol. The zero-order valence-electron chi connectivity index (χ0n) is 12.4. The van der Waals surface area contributed by atoms with E-state index in [1.54, 1.807) is 29.2 Å². The van der Waals surface area contributed by atoms with Crippen molar-refractivity contribution in [3.8, 4) is 0 Å². The molecule has 22 heavy (non-hydrogen) atoms. The second kappa shape index (κ2) is 6.79. The average Bonchev–Trinajstić information content (AvgIpc) is 2.95. The third-order valence-electron chi connectivity index (χ3n) is 3.91. The van der Waals surface area contributed by atoms with Crippen molar-refractivity contribution in [2.24, 2.45) is 0 Å². The van der Waals surface area contributed by atoms with Gasteiger partial charge in [0.2, 0.25) is 5.91 Å². The highest BCUT2D eigenvalue weighted by atomic mass is 16.6. The van der Waals surface area contributed by atoms with Crippen molar-refractivity contribution in [2.45, 2.75) is 31.8 Å². The van der Waals surface area contributed by atoms with Crippen LogP contribution >= 0.6 is 0 Å². The minimum Gasteiger partial charge on any atom is -0.447 e. The normalized spacial score (nSPS) is 21.5. The van der Waals surface area contributed by atoms with Crippen molar-refractivity contribution in [3.63, 3.8) is 0 Å². The number of anilines is 2. The number of rotatable bonds is 4. The number of carbonyl (C=O) groups is 2. The number of cyclic esters (lactones) is 1. The van der Waals surface area contributed by atoms with E-state index < -0.39 is 0 Å². The fraction of sp³-hybridized carbons (Fsp3) is 0.500. The molecule has 0 radical (unpaired) electrons. The van der Waals surface area contributed by atoms with Gasteiger partial charge in [0, 0.05) is 18.0 Å². The molecular weight excluding hydrogens is 284 g/mol. The molecule has 1 atom stereocenters. The number of ether oxygens (including phenoxy) is 2. The molecule has 0 bridgehead atoms. The zero-order valence-corrected chi connectivity index (χ0v) is 12.4. The number of amides is 2. The molecule has 2 aliphatic heterocycles. The number of hydrogen-bond acceptors (Lipinski definition) is 4. The Labute approximate surface area is 129 Å². The van der Waals surface area contributed by atoms with Crippen LogP contribution in [0.1, 0.15) is 25.7 Å². The summed E-state index contributed by atoms with van der Waals surface area (Å²) in [6.45, 7) is 1.72. The van der Waals surface area contributed by atoms with Gasteiger partial charge in [-0.1, -0.05) is 0 Å². The minimum absolute atomic E-state index is 0.0346. The van der Waals surface area contributed by atoms with Gasteiger partial charge >= 0.3 is 6.09 Å². The smallest absolute Gasteiger partial charge is 0.414 e. The Kier molecular flexibility index (Phi) is 4.58. The van der Waals surface area contributed by atoms with E-state index in [0.29, 0.717) is 19.6 Å². The predicted octanol–water partition coefficient (Wildman–Crippen LogP) is 2.54. The lowest BCUT2D eigenvalue weighted by atomic mass is 10.1. The fourth-order valence-electron chi connectivity index (χ4n) is 2.74. The van der Waals surface area contributed by atoms with Gasteiger partial charge in [-0.25, -0.2) is 4.79 Å². The Morgan fingerprint density at radius 2 is 2.05 bits per heavy atom. The Balaban J connectivity index is 1.54. The number of nitrogens with zero attached hydrogens (tertiary/aromatic N) is 1. The number of nitrogens with one attached hydrogen (secondary N) is 1. The molecule has 3 rings (SSSR count). The van der Waals surface area contributed by atoms with Crippen molar-refractivity contribution < 1.29 is 19.1 Å². The lowest BCUT2D eigenvalue weighted by Gasteiger charge is -2.22. The summed E-state index contributed by atoms with van der Waals surface area (Å²) in [5.74, 6) is -0.0415. The Morgan fingerprint density at radius 1 is 1.23 bits per heavy atom. The monoisotopic (exact) mass is 304 g/mol. The summed E-state index contributed by atoms with van der Waals surface area (Å²) in [6, 6.07) is 7.19. The lowest BCUT2D eigenvalue weighted by molar-refractivity contribution is -0.119. The highest BCUT2D eigenvalue weighted by Crippen LogP contribution is 2.22. The molecule has 118 valence electrons. The van der Waals surface area contributed by atoms with Gasteiger partial charge in [-0.3, -0.25) is 9.69 Å². The first-order valence-electron chi connectivity index (χ1n) is 7.68. The molecule has 1 N–H and O–H groups in total. The van der Waals surface area contributed by atoms with E-state index in [1.807, 2.05) is 0 Å². The van der Waals surface area contributed by atoms with Crippen LogP contribution in [-0.4, -0.2) is 37.9 Å². The summed E-state index contributed by atoms with van der Waals surface area (Å²) in [4.78, 5) is 25.0. The van der Waals surface area contributed by atoms with Gasteiger partial charge in [0.25, 0.3) is 0 Å². The molecule has 6 heteroatoms. The van der Waals surface area contributed by atoms with Crippen LogP contribution in [-0.2, 0) is 14.3 Å². The molecule has 0 aromatic heterocycles. The molecule has 2 heterocycles. The Bertz CT molecular complexity index is 538. The molecule has 1 unspecified atom stereocenters. The van der Waals surface area contributed by atoms with E-state index >= 15 is 0 Å². The van der Waals surface area contributed by atoms with Crippen molar-refractivity contribution in [3.05, 3.63) is 24.3 Å². The summed E-state index contributed by atoms with van der Waals surface area (Å²) in [5, 5.41) is 2.86. The molecule has 0 saturated carbocycles. The van der Waals surface area contributed by atoms with E-state index in [2.05, 4.69) is 5.32 Å². The quantitative estimate of drug-likeness (QED) is 0.928. The first-order valence-corrected chi connectivity index (χ1v) is 7.68. The summed E-state index contributed by atoms with van der Waals surface area (Å²) in [6.07, 6.45) is 3.25. The molecular formula is C16H20N2O4. The van der Waals surface area contributed by atoms with Crippen LogP contribution < -0.4 is 10.2 Å². The summed E-state index contributed by atoms with van der Waals surface area (Å²) >= 11 is 0. The maximum absolute atomic E-state index is 12.0. The lowest BCUT2D eigenvalue weighted by Crippen LogP contribution is -2.25. The standard InChI is InChI=1S/C16H20N2O4/c19-15(11-14-3-1-2-9-21-14)17-12-4-6-13(7-5-12)18-8-10-22-16(18)20/h4-7,14H,1-3,8-11H2,(H,17,19). The SMILES string of the molecule is O=C(CC1CCCCO1)Nc1ccc(N2CCOC2=O)cc1. The first-order chi connectivity index (χ1) is 10.7. The van der Waals surface area contributed by atoms with Gasteiger partial charge in [0.15, 0.2) is 0 Å². The van der Waals surface area contributed by atoms with Gasteiger partial charge in [-0.05, 0) is 43.5 Å². The first kappa shape index (κ1) is 14.8. The van der Waals surface area contributed by atoms with Crippen LogP contribution in [0.3, 0.4) is 0 Å². The van der Waals surface area contributed by atoms with E-state index in [9.17, 15) is 9.59 Å². The van der Waals surface area contributed by atoms with Gasteiger partial charge in [-0.2, -0.15) is 0 Å². The minimum atomic E-state index is -0.328. The van der Waals surface area contributed by atoms with E-state index in [-0.39, 0.29) is 18.1 Å². The highest BCUT2D eigenvalue weighted by Gasteiger charge is 2.23. The summed E-state index contributed by atoms with van der Waals surface area (Å²) < 4.78 is 10.5. The molecule has 0 aliphatic carbocycles. The van der Waals surface area contributed by atoms with Crippen LogP contribution in [0.5, 0.6) is 0 Å². The van der Waals surface area contributed by atoms with Crippen molar-refractivity contribution in [1.82, 2.24) is 0 Å². The molecule has 1 aromatic carbocycles. The Hall–Kier alpha value is -2.08. The molecule has 2 amide bonds. The second-order valence-corrected chi connectivity index (χ2v) is 5.55. The van der Waals surface area contributed by atoms with Crippen molar-refractivity contribution in [1.29, 1.82) is 0 Å². The third kappa shape index (κ3) is 3.57. The van der Waals surface area contributed by atoms with Crippen LogP contribution in [0.15, 0.2) is 24.3 Å². The van der Waals surface area contributed by atoms with E-state index in [0.717, 1.165) is 37.2 Å². The highest BCUT2D eigenvalue weighted by molar-refractivity contribution is 5.92.